The molecular weight excluding hydrogens is 529 g/mol. The number of alkyl halides is 5. The summed E-state index contributed by atoms with van der Waals surface area (Å²) in [6, 6.07) is 8.12. The number of fused-ring (bicyclic) bond motifs is 3. The smallest absolute Gasteiger partial charge is 0.452 e. The second-order valence-corrected chi connectivity index (χ2v) is 8.13. The summed E-state index contributed by atoms with van der Waals surface area (Å²) in [4.78, 5) is 12.4. The minimum absolute atomic E-state index is 0.0200. The largest absolute Gasteiger partial charge is 0.492 e. The summed E-state index contributed by atoms with van der Waals surface area (Å²) in [5.74, 6) is -2.91. The summed E-state index contributed by atoms with van der Waals surface area (Å²) >= 11 is 6.20. The SMILES string of the molecule is CCOC(=O)C[C@@H]1O[C@@H](c2cccc(OC(F)F)c2OC)c2cc(Cl)ccc2-n2c1nnc2C(F)(F)F. The maximum Gasteiger partial charge on any atom is 0.452 e. The van der Waals surface area contributed by atoms with Gasteiger partial charge in [-0.3, -0.25) is 9.36 Å². The monoisotopic (exact) mass is 547 g/mol. The molecule has 0 bridgehead atoms. The first-order valence-electron chi connectivity index (χ1n) is 10.8. The summed E-state index contributed by atoms with van der Waals surface area (Å²) in [6.07, 6.45) is -8.08. The van der Waals surface area contributed by atoms with Crippen LogP contribution < -0.4 is 9.47 Å². The number of para-hydroxylation sites is 1. The lowest BCUT2D eigenvalue weighted by molar-refractivity contribution is -0.147. The zero-order chi connectivity index (χ0) is 26.9. The highest BCUT2D eigenvalue weighted by Gasteiger charge is 2.44. The van der Waals surface area contributed by atoms with Crippen molar-refractivity contribution in [1.82, 2.24) is 14.8 Å². The van der Waals surface area contributed by atoms with Gasteiger partial charge in [0.25, 0.3) is 0 Å². The van der Waals surface area contributed by atoms with Crippen LogP contribution in [0.1, 0.15) is 48.3 Å². The Kier molecular flexibility index (Phi) is 7.55. The van der Waals surface area contributed by atoms with E-state index < -0.39 is 43.2 Å². The van der Waals surface area contributed by atoms with Crippen molar-refractivity contribution in [2.24, 2.45) is 0 Å². The van der Waals surface area contributed by atoms with E-state index in [9.17, 15) is 26.7 Å². The Balaban J connectivity index is 1.98. The predicted molar refractivity (Wildman–Crippen MR) is 118 cm³/mol. The van der Waals surface area contributed by atoms with E-state index in [0.29, 0.717) is 0 Å². The molecule has 8 nitrogen and oxygen atoms in total. The van der Waals surface area contributed by atoms with E-state index in [1.807, 2.05) is 0 Å². The van der Waals surface area contributed by atoms with Gasteiger partial charge in [-0.1, -0.05) is 23.7 Å². The summed E-state index contributed by atoms with van der Waals surface area (Å²) in [5, 5.41) is 7.16. The van der Waals surface area contributed by atoms with Crippen LogP contribution in [0.15, 0.2) is 36.4 Å². The fraction of sp³-hybridized carbons (Fsp3) is 0.348. The topological polar surface area (TPSA) is 84.7 Å². The minimum Gasteiger partial charge on any atom is -0.492 e. The molecule has 1 aliphatic rings. The van der Waals surface area contributed by atoms with Crippen LogP contribution in [0.5, 0.6) is 11.5 Å². The average Bonchev–Trinajstić information content (AvgIpc) is 3.22. The number of methoxy groups -OCH3 is 1. The second kappa shape index (κ2) is 10.5. The minimum atomic E-state index is -4.92. The Labute approximate surface area is 211 Å². The zero-order valence-electron chi connectivity index (χ0n) is 19.3. The number of hydrogen-bond donors (Lipinski definition) is 0. The molecular formula is C23H19ClF5N3O5. The lowest BCUT2D eigenvalue weighted by Crippen LogP contribution is -2.18. The molecule has 1 aromatic heterocycles. The molecule has 4 rings (SSSR count). The van der Waals surface area contributed by atoms with Gasteiger partial charge in [0.15, 0.2) is 17.3 Å². The van der Waals surface area contributed by atoms with Gasteiger partial charge in [0, 0.05) is 16.1 Å². The molecule has 0 N–H and O–H groups in total. The van der Waals surface area contributed by atoms with Crippen molar-refractivity contribution in [2.75, 3.05) is 13.7 Å². The number of nitrogens with zero attached hydrogens (tertiary/aromatic N) is 3. The van der Waals surface area contributed by atoms with Gasteiger partial charge in [0.2, 0.25) is 5.82 Å². The highest BCUT2D eigenvalue weighted by Crippen LogP contribution is 2.47. The number of carbonyl (C=O) groups excluding carboxylic acids is 1. The Bertz CT molecular complexity index is 1300. The first-order valence-corrected chi connectivity index (χ1v) is 11.2. The molecule has 0 fully saturated rings. The van der Waals surface area contributed by atoms with Gasteiger partial charge in [0.05, 0.1) is 25.8 Å². The first kappa shape index (κ1) is 26.6. The van der Waals surface area contributed by atoms with Crippen LogP contribution in [0.2, 0.25) is 5.02 Å². The number of ether oxygens (including phenoxy) is 4. The summed E-state index contributed by atoms with van der Waals surface area (Å²) < 4.78 is 89.7. The molecule has 2 heterocycles. The van der Waals surface area contributed by atoms with Crippen LogP contribution in [-0.4, -0.2) is 41.1 Å². The number of benzene rings is 2. The highest BCUT2D eigenvalue weighted by molar-refractivity contribution is 6.30. The van der Waals surface area contributed by atoms with Gasteiger partial charge in [0.1, 0.15) is 12.2 Å². The maximum absolute atomic E-state index is 13.9. The summed E-state index contributed by atoms with van der Waals surface area (Å²) in [6.45, 7) is -1.59. The average molecular weight is 548 g/mol. The third-order valence-corrected chi connectivity index (χ3v) is 5.65. The number of hydrogen-bond acceptors (Lipinski definition) is 7. The quantitative estimate of drug-likeness (QED) is 0.279. The molecule has 14 heteroatoms. The number of aromatic nitrogens is 3. The van der Waals surface area contributed by atoms with Gasteiger partial charge in [-0.25, -0.2) is 0 Å². The first-order chi connectivity index (χ1) is 17.5. The molecule has 198 valence electrons. The molecule has 3 aromatic rings. The van der Waals surface area contributed by atoms with Crippen LogP contribution in [0.25, 0.3) is 5.69 Å². The Hall–Kier alpha value is -3.45. The molecule has 1 aliphatic heterocycles. The Morgan fingerprint density at radius 3 is 2.59 bits per heavy atom. The second-order valence-electron chi connectivity index (χ2n) is 7.69. The van der Waals surface area contributed by atoms with Crippen LogP contribution in [0, 0.1) is 0 Å². The molecule has 37 heavy (non-hydrogen) atoms. The van der Waals surface area contributed by atoms with Crippen molar-refractivity contribution >= 4 is 17.6 Å². The molecule has 0 saturated carbocycles. The van der Waals surface area contributed by atoms with E-state index in [4.69, 9.17) is 25.8 Å². The molecule has 2 aromatic carbocycles. The maximum atomic E-state index is 13.9. The van der Waals surface area contributed by atoms with Gasteiger partial charge in [-0.15, -0.1) is 10.2 Å². The van der Waals surface area contributed by atoms with E-state index in [2.05, 4.69) is 14.9 Å². The number of esters is 1. The zero-order valence-corrected chi connectivity index (χ0v) is 20.0. The van der Waals surface area contributed by atoms with Crippen molar-refractivity contribution in [3.05, 3.63) is 64.2 Å². The molecule has 2 atom stereocenters. The summed E-state index contributed by atoms with van der Waals surface area (Å²) in [5.41, 5.74) is 0.193. The fourth-order valence-corrected chi connectivity index (χ4v) is 4.24. The Morgan fingerprint density at radius 2 is 1.95 bits per heavy atom. The van der Waals surface area contributed by atoms with Gasteiger partial charge >= 0.3 is 18.8 Å². The lowest BCUT2D eigenvalue weighted by Gasteiger charge is -2.25. The van der Waals surface area contributed by atoms with Crippen LogP contribution >= 0.6 is 11.6 Å². The predicted octanol–water partition coefficient (Wildman–Crippen LogP) is 5.66. The lowest BCUT2D eigenvalue weighted by atomic mass is 9.98. The van der Waals surface area contributed by atoms with E-state index in [1.165, 1.54) is 43.5 Å². The molecule has 0 radical (unpaired) electrons. The number of halogens is 6. The normalized spacial score (nSPS) is 17.1. The van der Waals surface area contributed by atoms with E-state index in [1.54, 1.807) is 6.92 Å². The fourth-order valence-electron chi connectivity index (χ4n) is 4.06. The Morgan fingerprint density at radius 1 is 1.19 bits per heavy atom. The molecule has 0 unspecified atom stereocenters. The van der Waals surface area contributed by atoms with Gasteiger partial charge in [-0.05, 0) is 31.2 Å². The third kappa shape index (κ3) is 5.32. The third-order valence-electron chi connectivity index (χ3n) is 5.41. The van der Waals surface area contributed by atoms with E-state index in [0.717, 1.165) is 4.57 Å². The van der Waals surface area contributed by atoms with E-state index in [-0.39, 0.29) is 45.8 Å². The molecule has 0 spiro atoms. The van der Waals surface area contributed by atoms with Crippen molar-refractivity contribution in [2.45, 2.75) is 38.3 Å². The highest BCUT2D eigenvalue weighted by atomic mass is 35.5. The van der Waals surface area contributed by atoms with Crippen molar-refractivity contribution in [3.63, 3.8) is 0 Å². The van der Waals surface area contributed by atoms with Crippen molar-refractivity contribution in [1.29, 1.82) is 0 Å². The van der Waals surface area contributed by atoms with Crippen LogP contribution in [0.3, 0.4) is 0 Å². The number of rotatable bonds is 7. The van der Waals surface area contributed by atoms with Gasteiger partial charge in [-0.2, -0.15) is 22.0 Å². The summed E-state index contributed by atoms with van der Waals surface area (Å²) in [7, 11) is 1.21. The van der Waals surface area contributed by atoms with E-state index >= 15 is 0 Å². The number of carbonyl (C=O) groups is 1. The van der Waals surface area contributed by atoms with Crippen LogP contribution in [0.4, 0.5) is 22.0 Å². The molecule has 0 saturated heterocycles. The molecule has 0 amide bonds. The standard InChI is InChI=1S/C23H19ClF5N3O5/c1-3-35-17(33)10-16-20-30-31-21(23(27,28)29)32(20)14-8-7-11(24)9-13(14)18(36-16)12-5-4-6-15(19(12)34-2)37-22(25)26/h4-9,16,18,22H,3,10H2,1-2H3/t16-,18-/m0/s1. The van der Waals surface area contributed by atoms with Crippen molar-refractivity contribution in [3.8, 4) is 17.2 Å². The van der Waals surface area contributed by atoms with Crippen molar-refractivity contribution < 1.29 is 45.7 Å². The molecule has 0 aliphatic carbocycles. The van der Waals surface area contributed by atoms with Crippen LogP contribution in [-0.2, 0) is 20.4 Å². The van der Waals surface area contributed by atoms with Gasteiger partial charge < -0.3 is 18.9 Å².